The number of hydrogen-bond donors (Lipinski definition) is 3. The molecule has 0 saturated carbocycles. The SMILES string of the molecule is CC(c1c[nH]c2ccccc12)C(NC(=O)N1CCN(c2ccccc2)CC1)C(=O)Nc1ccc2c(c1)CN(C)CC2. The van der Waals surface area contributed by atoms with E-state index in [1.54, 1.807) is 0 Å². The molecule has 2 atom stereocenters. The minimum atomic E-state index is -0.757. The lowest BCUT2D eigenvalue weighted by atomic mass is 9.92. The van der Waals surface area contributed by atoms with E-state index >= 15 is 0 Å². The molecule has 0 spiro atoms. The first-order valence-electron chi connectivity index (χ1n) is 14.5. The Kier molecular flexibility index (Phi) is 7.65. The Balaban J connectivity index is 1.21. The molecule has 3 amide bonds. The summed E-state index contributed by atoms with van der Waals surface area (Å²) in [6, 6.07) is 23.5. The molecule has 2 unspecified atom stereocenters. The molecule has 4 aromatic rings. The van der Waals surface area contributed by atoms with Crippen molar-refractivity contribution in [3.63, 3.8) is 0 Å². The number of nitrogens with zero attached hydrogens (tertiary/aromatic N) is 3. The third-order valence-corrected chi connectivity index (χ3v) is 8.54. The standard InChI is InChI=1S/C33H38N6O2/c1-23(29-21-34-30-11-7-6-10-28(29)30)31(32(40)35-26-13-12-24-14-15-37(2)22-25(24)20-26)36-33(41)39-18-16-38(17-19-39)27-8-4-3-5-9-27/h3-13,20-21,23,31,34H,14-19,22H2,1-2H3,(H,35,40)(H,36,41). The molecule has 3 aromatic carbocycles. The molecule has 0 radical (unpaired) electrons. The van der Waals surface area contributed by atoms with Gasteiger partial charge in [0, 0.05) is 73.7 Å². The Bertz CT molecular complexity index is 1530. The van der Waals surface area contributed by atoms with Crippen molar-refractivity contribution < 1.29 is 9.59 Å². The maximum absolute atomic E-state index is 13.9. The highest BCUT2D eigenvalue weighted by atomic mass is 16.2. The molecule has 6 rings (SSSR count). The van der Waals surface area contributed by atoms with Crippen LogP contribution < -0.4 is 15.5 Å². The molecule has 2 aliphatic heterocycles. The summed E-state index contributed by atoms with van der Waals surface area (Å²) < 4.78 is 0. The van der Waals surface area contributed by atoms with E-state index in [4.69, 9.17) is 0 Å². The van der Waals surface area contributed by atoms with E-state index in [2.05, 4.69) is 62.8 Å². The minimum absolute atomic E-state index is 0.211. The molecular weight excluding hydrogens is 512 g/mol. The lowest BCUT2D eigenvalue weighted by Crippen LogP contribution is -2.56. The number of aromatic nitrogens is 1. The number of carbonyl (C=O) groups excluding carboxylic acids is 2. The Morgan fingerprint density at radius 2 is 1.63 bits per heavy atom. The highest BCUT2D eigenvalue weighted by Gasteiger charge is 2.32. The van der Waals surface area contributed by atoms with Gasteiger partial charge in [-0.2, -0.15) is 0 Å². The average molecular weight is 551 g/mol. The van der Waals surface area contributed by atoms with E-state index in [1.807, 2.05) is 60.5 Å². The van der Waals surface area contributed by atoms with Crippen LogP contribution in [0.1, 0.15) is 29.5 Å². The Hall–Kier alpha value is -4.30. The van der Waals surface area contributed by atoms with Crippen molar-refractivity contribution in [2.75, 3.05) is 50.0 Å². The molecule has 8 nitrogen and oxygen atoms in total. The molecule has 3 heterocycles. The largest absolute Gasteiger partial charge is 0.368 e. The van der Waals surface area contributed by atoms with Crippen LogP contribution in [0.4, 0.5) is 16.2 Å². The maximum atomic E-state index is 13.9. The first kappa shape index (κ1) is 26.9. The summed E-state index contributed by atoms with van der Waals surface area (Å²) in [5.41, 5.74) is 6.49. The van der Waals surface area contributed by atoms with Gasteiger partial charge in [0.25, 0.3) is 0 Å². The number of H-pyrrole nitrogens is 1. The number of piperazine rings is 1. The van der Waals surface area contributed by atoms with Gasteiger partial charge >= 0.3 is 6.03 Å². The Morgan fingerprint density at radius 1 is 0.878 bits per heavy atom. The Morgan fingerprint density at radius 3 is 2.44 bits per heavy atom. The fourth-order valence-electron chi connectivity index (χ4n) is 6.09. The summed E-state index contributed by atoms with van der Waals surface area (Å²) in [6.07, 6.45) is 2.96. The van der Waals surface area contributed by atoms with Gasteiger partial charge in [-0.25, -0.2) is 4.79 Å². The van der Waals surface area contributed by atoms with Crippen molar-refractivity contribution in [3.05, 3.63) is 95.7 Å². The summed E-state index contributed by atoms with van der Waals surface area (Å²) >= 11 is 0. The van der Waals surface area contributed by atoms with E-state index in [1.165, 1.54) is 11.1 Å². The van der Waals surface area contributed by atoms with Gasteiger partial charge in [-0.3, -0.25) is 4.79 Å². The van der Waals surface area contributed by atoms with Gasteiger partial charge in [0.2, 0.25) is 5.91 Å². The van der Waals surface area contributed by atoms with Crippen molar-refractivity contribution in [1.82, 2.24) is 20.1 Å². The second kappa shape index (κ2) is 11.7. The number of para-hydroxylation sites is 2. The lowest BCUT2D eigenvalue weighted by molar-refractivity contribution is -0.118. The van der Waals surface area contributed by atoms with Crippen LogP contribution in [-0.2, 0) is 17.8 Å². The predicted molar refractivity (Wildman–Crippen MR) is 164 cm³/mol. The lowest BCUT2D eigenvalue weighted by Gasteiger charge is -2.37. The van der Waals surface area contributed by atoms with E-state index in [9.17, 15) is 9.59 Å². The number of rotatable bonds is 6. The number of likely N-dealkylation sites (N-methyl/N-ethyl adjacent to an activating group) is 1. The molecule has 41 heavy (non-hydrogen) atoms. The van der Waals surface area contributed by atoms with Gasteiger partial charge in [0.05, 0.1) is 0 Å². The number of anilines is 2. The predicted octanol–water partition coefficient (Wildman–Crippen LogP) is 4.80. The summed E-state index contributed by atoms with van der Waals surface area (Å²) in [6.45, 7) is 6.58. The van der Waals surface area contributed by atoms with Crippen LogP contribution in [0.5, 0.6) is 0 Å². The first-order chi connectivity index (χ1) is 20.0. The molecule has 212 valence electrons. The third kappa shape index (κ3) is 5.79. The zero-order valence-corrected chi connectivity index (χ0v) is 23.8. The smallest absolute Gasteiger partial charge is 0.318 e. The van der Waals surface area contributed by atoms with Gasteiger partial charge in [0.15, 0.2) is 0 Å². The summed E-state index contributed by atoms with van der Waals surface area (Å²) in [5.74, 6) is -0.479. The normalized spacial score (nSPS) is 17.1. The zero-order valence-electron chi connectivity index (χ0n) is 23.8. The first-order valence-corrected chi connectivity index (χ1v) is 14.5. The van der Waals surface area contributed by atoms with E-state index in [-0.39, 0.29) is 17.9 Å². The molecular formula is C33H38N6O2. The second-order valence-electron chi connectivity index (χ2n) is 11.3. The number of fused-ring (bicyclic) bond motifs is 2. The van der Waals surface area contributed by atoms with Gasteiger partial charge in [-0.05, 0) is 60.5 Å². The van der Waals surface area contributed by atoms with Crippen LogP contribution in [0, 0.1) is 0 Å². The quantitative estimate of drug-likeness (QED) is 0.322. The van der Waals surface area contributed by atoms with E-state index in [0.717, 1.165) is 60.4 Å². The molecule has 2 aliphatic rings. The van der Waals surface area contributed by atoms with Crippen LogP contribution in [0.3, 0.4) is 0 Å². The average Bonchev–Trinajstić information content (AvgIpc) is 3.44. The topological polar surface area (TPSA) is 83.7 Å². The fourth-order valence-corrected chi connectivity index (χ4v) is 6.09. The highest BCUT2D eigenvalue weighted by molar-refractivity contribution is 5.98. The molecule has 3 N–H and O–H groups in total. The van der Waals surface area contributed by atoms with Crippen molar-refractivity contribution in [2.45, 2.75) is 31.8 Å². The van der Waals surface area contributed by atoms with Crippen LogP contribution >= 0.6 is 0 Å². The minimum Gasteiger partial charge on any atom is -0.368 e. The highest BCUT2D eigenvalue weighted by Crippen LogP contribution is 2.29. The maximum Gasteiger partial charge on any atom is 0.318 e. The number of urea groups is 1. The summed E-state index contributed by atoms with van der Waals surface area (Å²) in [7, 11) is 2.11. The Labute approximate surface area is 241 Å². The van der Waals surface area contributed by atoms with Crippen molar-refractivity contribution in [3.8, 4) is 0 Å². The van der Waals surface area contributed by atoms with Gasteiger partial charge in [-0.15, -0.1) is 0 Å². The molecule has 0 bridgehead atoms. The number of aromatic amines is 1. The molecule has 1 aromatic heterocycles. The van der Waals surface area contributed by atoms with Gasteiger partial charge in [-0.1, -0.05) is 49.4 Å². The number of hydrogen-bond acceptors (Lipinski definition) is 4. The van der Waals surface area contributed by atoms with Gasteiger partial charge in [0.1, 0.15) is 6.04 Å². The zero-order chi connectivity index (χ0) is 28.3. The van der Waals surface area contributed by atoms with Gasteiger partial charge < -0.3 is 30.3 Å². The van der Waals surface area contributed by atoms with Crippen LogP contribution in [-0.4, -0.2) is 72.5 Å². The van der Waals surface area contributed by atoms with Crippen molar-refractivity contribution in [2.24, 2.45) is 0 Å². The van der Waals surface area contributed by atoms with E-state index in [0.29, 0.717) is 13.1 Å². The van der Waals surface area contributed by atoms with Crippen molar-refractivity contribution >= 4 is 34.2 Å². The summed E-state index contributed by atoms with van der Waals surface area (Å²) in [5, 5.41) is 7.30. The molecule has 1 saturated heterocycles. The third-order valence-electron chi connectivity index (χ3n) is 8.54. The monoisotopic (exact) mass is 550 g/mol. The number of carbonyl (C=O) groups is 2. The van der Waals surface area contributed by atoms with Crippen LogP contribution in [0.25, 0.3) is 10.9 Å². The number of nitrogens with one attached hydrogen (secondary N) is 3. The van der Waals surface area contributed by atoms with E-state index < -0.39 is 6.04 Å². The second-order valence-corrected chi connectivity index (χ2v) is 11.3. The molecule has 0 aliphatic carbocycles. The number of benzene rings is 3. The molecule has 8 heteroatoms. The van der Waals surface area contributed by atoms with Crippen LogP contribution in [0.15, 0.2) is 79.0 Å². The number of amides is 3. The molecule has 1 fully saturated rings. The summed E-state index contributed by atoms with van der Waals surface area (Å²) in [4.78, 5) is 37.2. The van der Waals surface area contributed by atoms with Crippen LogP contribution in [0.2, 0.25) is 0 Å². The fraction of sp³-hybridized carbons (Fsp3) is 0.333. The van der Waals surface area contributed by atoms with Crippen molar-refractivity contribution in [1.29, 1.82) is 0 Å².